The van der Waals surface area contributed by atoms with E-state index in [1.807, 2.05) is 0 Å². The van der Waals surface area contributed by atoms with Gasteiger partial charge in [0.1, 0.15) is 16.9 Å². The highest BCUT2D eigenvalue weighted by atomic mass is 16.6. The van der Waals surface area contributed by atoms with Gasteiger partial charge in [-0.05, 0) is 47.6 Å². The lowest BCUT2D eigenvalue weighted by atomic mass is 10.2. The van der Waals surface area contributed by atoms with Crippen LogP contribution in [0.1, 0.15) is 52.0 Å². The second kappa shape index (κ2) is 5.79. The molecule has 0 saturated carbocycles. The number of amides is 1. The van der Waals surface area contributed by atoms with Gasteiger partial charge in [0.2, 0.25) is 0 Å². The number of esters is 1. The van der Waals surface area contributed by atoms with Gasteiger partial charge < -0.3 is 14.0 Å². The third-order valence-electron chi connectivity index (χ3n) is 2.26. The maximum Gasteiger partial charge on any atom is 0.412 e. The van der Waals surface area contributed by atoms with Gasteiger partial charge in [-0.25, -0.2) is 9.59 Å². The summed E-state index contributed by atoms with van der Waals surface area (Å²) in [5.74, 6) is -0.442. The van der Waals surface area contributed by atoms with E-state index in [-0.39, 0.29) is 0 Å². The molecule has 0 radical (unpaired) electrons. The number of nitrogens with one attached hydrogen (secondary N) is 1. The fourth-order valence-electron chi connectivity index (χ4n) is 1.59. The molecule has 0 aromatic carbocycles. The van der Waals surface area contributed by atoms with Crippen LogP contribution in [0, 0.1) is 0 Å². The van der Waals surface area contributed by atoms with E-state index >= 15 is 0 Å². The number of hydrogen-bond donors (Lipinski definition) is 1. The van der Waals surface area contributed by atoms with Gasteiger partial charge in [0.05, 0.1) is 5.69 Å². The Balaban J connectivity index is 2.79. The third-order valence-corrected chi connectivity index (χ3v) is 2.26. The van der Waals surface area contributed by atoms with E-state index in [1.54, 1.807) is 65.4 Å². The van der Waals surface area contributed by atoms with Crippen molar-refractivity contribution >= 4 is 17.7 Å². The van der Waals surface area contributed by atoms with E-state index in [9.17, 15) is 9.59 Å². The van der Waals surface area contributed by atoms with Crippen LogP contribution in [0.4, 0.5) is 10.5 Å². The Kier molecular flexibility index (Phi) is 4.71. The minimum atomic E-state index is -0.577. The van der Waals surface area contributed by atoms with Crippen molar-refractivity contribution in [1.82, 2.24) is 4.57 Å². The molecule has 0 unspecified atom stereocenters. The van der Waals surface area contributed by atoms with Crippen molar-refractivity contribution in [2.24, 2.45) is 7.05 Å². The van der Waals surface area contributed by atoms with Crippen molar-refractivity contribution in [2.75, 3.05) is 5.32 Å². The Labute approximate surface area is 125 Å². The molecule has 1 aromatic heterocycles. The first-order valence-corrected chi connectivity index (χ1v) is 6.77. The summed E-state index contributed by atoms with van der Waals surface area (Å²) in [5, 5.41) is 2.59. The highest BCUT2D eigenvalue weighted by Gasteiger charge is 2.22. The highest BCUT2D eigenvalue weighted by molar-refractivity contribution is 5.92. The molecule has 6 nitrogen and oxygen atoms in total. The van der Waals surface area contributed by atoms with Crippen LogP contribution in [-0.4, -0.2) is 27.8 Å². The van der Waals surface area contributed by atoms with Gasteiger partial charge in [0.25, 0.3) is 0 Å². The molecule has 1 rings (SSSR count). The van der Waals surface area contributed by atoms with Gasteiger partial charge in [-0.15, -0.1) is 0 Å². The van der Waals surface area contributed by atoms with Crippen LogP contribution < -0.4 is 5.32 Å². The second-order valence-corrected chi connectivity index (χ2v) is 6.85. The number of rotatable bonds is 2. The molecule has 0 atom stereocenters. The van der Waals surface area contributed by atoms with Gasteiger partial charge >= 0.3 is 12.1 Å². The van der Waals surface area contributed by atoms with Gasteiger partial charge in [0.15, 0.2) is 0 Å². The van der Waals surface area contributed by atoms with Crippen LogP contribution in [-0.2, 0) is 16.5 Å². The highest BCUT2D eigenvalue weighted by Crippen LogP contribution is 2.18. The summed E-state index contributed by atoms with van der Waals surface area (Å²) in [5.41, 5.74) is -0.309. The molecule has 0 fully saturated rings. The smallest absolute Gasteiger partial charge is 0.412 e. The maximum absolute atomic E-state index is 12.0. The summed E-state index contributed by atoms with van der Waals surface area (Å²) in [7, 11) is 1.71. The van der Waals surface area contributed by atoms with E-state index < -0.39 is 23.3 Å². The Morgan fingerprint density at radius 1 is 1.05 bits per heavy atom. The SMILES string of the molecule is Cn1cc(NC(=O)OC(C)(C)C)cc1C(=O)OC(C)(C)C. The number of carbonyl (C=O) groups excluding carboxylic acids is 2. The lowest BCUT2D eigenvalue weighted by molar-refractivity contribution is 0.00587. The van der Waals surface area contributed by atoms with Crippen molar-refractivity contribution in [2.45, 2.75) is 52.7 Å². The molecular weight excluding hydrogens is 272 g/mol. The van der Waals surface area contributed by atoms with Crippen LogP contribution in [0.3, 0.4) is 0 Å². The lowest BCUT2D eigenvalue weighted by Gasteiger charge is -2.19. The van der Waals surface area contributed by atoms with Crippen LogP contribution in [0.25, 0.3) is 0 Å². The first kappa shape index (κ1) is 17.1. The summed E-state index contributed by atoms with van der Waals surface area (Å²) in [4.78, 5) is 23.7. The molecule has 1 heterocycles. The first-order chi connectivity index (χ1) is 9.37. The van der Waals surface area contributed by atoms with E-state index in [0.717, 1.165) is 0 Å². The normalized spacial score (nSPS) is 12.0. The second-order valence-electron chi connectivity index (χ2n) is 6.85. The molecule has 1 amide bonds. The quantitative estimate of drug-likeness (QED) is 0.850. The van der Waals surface area contributed by atoms with Gasteiger partial charge in [-0.3, -0.25) is 5.32 Å². The van der Waals surface area contributed by atoms with Crippen molar-refractivity contribution in [3.05, 3.63) is 18.0 Å². The van der Waals surface area contributed by atoms with Gasteiger partial charge in [-0.1, -0.05) is 0 Å². The average molecular weight is 296 g/mol. The number of aryl methyl sites for hydroxylation is 1. The number of anilines is 1. The Morgan fingerprint density at radius 2 is 1.57 bits per heavy atom. The molecule has 6 heteroatoms. The topological polar surface area (TPSA) is 69.6 Å². The molecule has 21 heavy (non-hydrogen) atoms. The zero-order valence-electron chi connectivity index (χ0n) is 13.7. The zero-order chi connectivity index (χ0) is 16.4. The summed E-state index contributed by atoms with van der Waals surface area (Å²) < 4.78 is 12.1. The Hall–Kier alpha value is -1.98. The maximum atomic E-state index is 12.0. The van der Waals surface area contributed by atoms with Crippen molar-refractivity contribution in [1.29, 1.82) is 0 Å². The summed E-state index contributed by atoms with van der Waals surface area (Å²) in [6, 6.07) is 1.55. The Morgan fingerprint density at radius 3 is 2.05 bits per heavy atom. The van der Waals surface area contributed by atoms with Crippen LogP contribution in [0.5, 0.6) is 0 Å². The summed E-state index contributed by atoms with van der Waals surface area (Å²) >= 11 is 0. The standard InChI is InChI=1S/C15H24N2O4/c1-14(2,3)20-12(18)11-8-10(9-17(11)7)16-13(19)21-15(4,5)6/h8-9H,1-7H3,(H,16,19). The summed E-state index contributed by atoms with van der Waals surface area (Å²) in [6.07, 6.45) is 1.06. The van der Waals surface area contributed by atoms with Gasteiger partial charge in [0, 0.05) is 13.2 Å². The fraction of sp³-hybridized carbons (Fsp3) is 0.600. The molecule has 118 valence electrons. The predicted molar refractivity (Wildman–Crippen MR) is 80.4 cm³/mol. The van der Waals surface area contributed by atoms with Crippen LogP contribution in [0.2, 0.25) is 0 Å². The Bertz CT molecular complexity index is 533. The zero-order valence-corrected chi connectivity index (χ0v) is 13.7. The summed E-state index contributed by atoms with van der Waals surface area (Å²) in [6.45, 7) is 10.7. The van der Waals surface area contributed by atoms with E-state index in [0.29, 0.717) is 11.4 Å². The van der Waals surface area contributed by atoms with Crippen molar-refractivity contribution in [3.63, 3.8) is 0 Å². The molecule has 0 spiro atoms. The number of aromatic nitrogens is 1. The molecule has 1 N–H and O–H groups in total. The molecule has 0 aliphatic heterocycles. The van der Waals surface area contributed by atoms with E-state index in [2.05, 4.69) is 5.32 Å². The number of hydrogen-bond acceptors (Lipinski definition) is 4. The molecule has 0 saturated heterocycles. The minimum Gasteiger partial charge on any atom is -0.455 e. The van der Waals surface area contributed by atoms with E-state index in [1.165, 1.54) is 0 Å². The fourth-order valence-corrected chi connectivity index (χ4v) is 1.59. The minimum absolute atomic E-state index is 0.357. The third kappa shape index (κ3) is 5.89. The lowest BCUT2D eigenvalue weighted by Crippen LogP contribution is -2.27. The van der Waals surface area contributed by atoms with Gasteiger partial charge in [-0.2, -0.15) is 0 Å². The predicted octanol–water partition coefficient (Wildman–Crippen LogP) is 3.33. The number of ether oxygens (including phenoxy) is 2. The molecule has 0 bridgehead atoms. The largest absolute Gasteiger partial charge is 0.455 e. The molecule has 1 aromatic rings. The number of nitrogens with zero attached hydrogens (tertiary/aromatic N) is 1. The molecular formula is C15H24N2O4. The number of carbonyl (C=O) groups is 2. The van der Waals surface area contributed by atoms with Crippen molar-refractivity contribution < 1.29 is 19.1 Å². The molecule has 0 aliphatic carbocycles. The monoisotopic (exact) mass is 296 g/mol. The van der Waals surface area contributed by atoms with Crippen molar-refractivity contribution in [3.8, 4) is 0 Å². The average Bonchev–Trinajstić information content (AvgIpc) is 2.53. The van der Waals surface area contributed by atoms with Crippen LogP contribution >= 0.6 is 0 Å². The molecule has 0 aliphatic rings. The first-order valence-electron chi connectivity index (χ1n) is 6.77. The van der Waals surface area contributed by atoms with Crippen LogP contribution in [0.15, 0.2) is 12.3 Å². The van der Waals surface area contributed by atoms with E-state index in [4.69, 9.17) is 9.47 Å².